The number of rotatable bonds is 4. The first kappa shape index (κ1) is 24.6. The third-order valence-electron chi connectivity index (χ3n) is 5.60. The van der Waals surface area contributed by atoms with E-state index in [0.29, 0.717) is 0 Å². The van der Waals surface area contributed by atoms with Crippen LogP contribution in [0.1, 0.15) is 55.4 Å². The van der Waals surface area contributed by atoms with E-state index in [9.17, 15) is 4.79 Å². The Morgan fingerprint density at radius 2 is 1.66 bits per heavy atom. The molecule has 170 valence electrons. The molecule has 2 rings (SSSR count). The Hall–Kier alpha value is -0.713. The van der Waals surface area contributed by atoms with Crippen LogP contribution in [-0.4, -0.2) is 63.0 Å². The number of nitrogens with one attached hydrogen (secondary N) is 1. The summed E-state index contributed by atoms with van der Waals surface area (Å²) in [5, 5.41) is 2.77. The number of carbonyl (C=O) groups excluding carboxylic acids is 1. The maximum absolute atomic E-state index is 12.1. The van der Waals surface area contributed by atoms with Gasteiger partial charge in [-0.1, -0.05) is 20.8 Å². The van der Waals surface area contributed by atoms with Crippen molar-refractivity contribution in [2.75, 3.05) is 6.54 Å². The molecule has 2 aliphatic rings. The van der Waals surface area contributed by atoms with Gasteiger partial charge in [0.2, 0.25) is 0 Å². The minimum absolute atomic E-state index is 0.00347. The molecule has 0 spiro atoms. The molecule has 1 unspecified atom stereocenters. The van der Waals surface area contributed by atoms with Crippen LogP contribution in [0.4, 0.5) is 4.79 Å². The van der Waals surface area contributed by atoms with E-state index in [1.165, 1.54) is 0 Å². The molecular formula is C20H40N2O6Si. The van der Waals surface area contributed by atoms with E-state index in [-0.39, 0.29) is 17.7 Å². The number of amides is 1. The maximum atomic E-state index is 12.1. The Kier molecular flexibility index (Phi) is 6.85. The van der Waals surface area contributed by atoms with Gasteiger partial charge in [0.1, 0.15) is 23.9 Å². The van der Waals surface area contributed by atoms with Crippen LogP contribution < -0.4 is 11.1 Å². The summed E-state index contributed by atoms with van der Waals surface area (Å²) in [5.41, 5.74) is 5.91. The lowest BCUT2D eigenvalue weighted by atomic mass is 9.97. The number of hydrogen-bond donors (Lipinski definition) is 2. The summed E-state index contributed by atoms with van der Waals surface area (Å²) in [4.78, 5) is 12.1. The van der Waals surface area contributed by atoms with Gasteiger partial charge in [0, 0.05) is 6.54 Å². The first-order valence-electron chi connectivity index (χ1n) is 10.3. The van der Waals surface area contributed by atoms with Gasteiger partial charge in [-0.25, -0.2) is 4.79 Å². The second-order valence-electron chi connectivity index (χ2n) is 10.9. The molecule has 5 atom stereocenters. The molecule has 2 fully saturated rings. The van der Waals surface area contributed by atoms with Crippen LogP contribution in [0.2, 0.25) is 18.1 Å². The largest absolute Gasteiger partial charge is 0.444 e. The van der Waals surface area contributed by atoms with Crippen LogP contribution in [0, 0.1) is 0 Å². The highest BCUT2D eigenvalue weighted by atomic mass is 28.4. The number of alkyl carbamates (subject to hydrolysis) is 1. The third kappa shape index (κ3) is 6.14. The molecule has 29 heavy (non-hydrogen) atoms. The minimum atomic E-state index is -2.13. The molecule has 0 radical (unpaired) electrons. The van der Waals surface area contributed by atoms with Crippen molar-refractivity contribution in [3.8, 4) is 0 Å². The zero-order chi connectivity index (χ0) is 22.4. The summed E-state index contributed by atoms with van der Waals surface area (Å²) in [6.45, 7) is 20.1. The molecule has 2 aliphatic heterocycles. The van der Waals surface area contributed by atoms with Crippen LogP contribution in [0.5, 0.6) is 0 Å². The molecule has 2 heterocycles. The lowest BCUT2D eigenvalue weighted by molar-refractivity contribution is -0.209. The van der Waals surface area contributed by atoms with Gasteiger partial charge in [-0.2, -0.15) is 0 Å². The number of nitrogens with two attached hydrogens (primary N) is 1. The van der Waals surface area contributed by atoms with Crippen molar-refractivity contribution >= 4 is 14.4 Å². The van der Waals surface area contributed by atoms with Crippen LogP contribution in [0.15, 0.2) is 0 Å². The Labute approximate surface area is 176 Å². The SMILES string of the molecule is CC(C)(C)OC(=O)NC[C@H]1OC(O[Si](C)(C)C(C)(C)C)[C@H](N)[C@H]2OC(C)(C)O[C@H]21. The fourth-order valence-corrected chi connectivity index (χ4v) is 4.28. The smallest absolute Gasteiger partial charge is 0.407 e. The molecule has 0 aromatic heterocycles. The topological polar surface area (TPSA) is 101 Å². The number of hydrogen-bond acceptors (Lipinski definition) is 7. The summed E-state index contributed by atoms with van der Waals surface area (Å²) in [6.07, 6.45) is -2.41. The van der Waals surface area contributed by atoms with Gasteiger partial charge in [-0.3, -0.25) is 0 Å². The lowest BCUT2D eigenvalue weighted by Gasteiger charge is -2.46. The monoisotopic (exact) mass is 432 g/mol. The molecular weight excluding hydrogens is 392 g/mol. The van der Waals surface area contributed by atoms with E-state index in [2.05, 4.69) is 39.2 Å². The Morgan fingerprint density at radius 1 is 1.10 bits per heavy atom. The van der Waals surface area contributed by atoms with E-state index >= 15 is 0 Å². The third-order valence-corrected chi connectivity index (χ3v) is 10.0. The van der Waals surface area contributed by atoms with Gasteiger partial charge >= 0.3 is 6.09 Å². The second-order valence-corrected chi connectivity index (χ2v) is 15.7. The molecule has 0 saturated carbocycles. The van der Waals surface area contributed by atoms with Crippen LogP contribution in [-0.2, 0) is 23.4 Å². The quantitative estimate of drug-likeness (QED) is 0.658. The van der Waals surface area contributed by atoms with Crippen molar-refractivity contribution in [3.05, 3.63) is 0 Å². The van der Waals surface area contributed by atoms with Crippen molar-refractivity contribution < 1.29 is 28.2 Å². The highest BCUT2D eigenvalue weighted by Crippen LogP contribution is 2.41. The van der Waals surface area contributed by atoms with Gasteiger partial charge in [0.15, 0.2) is 20.4 Å². The zero-order valence-electron chi connectivity index (χ0n) is 19.6. The summed E-state index contributed by atoms with van der Waals surface area (Å²) in [6, 6.07) is -0.492. The second kappa shape index (κ2) is 8.09. The maximum Gasteiger partial charge on any atom is 0.407 e. The van der Waals surface area contributed by atoms with Crippen LogP contribution in [0.3, 0.4) is 0 Å². The van der Waals surface area contributed by atoms with E-state index in [1.54, 1.807) is 0 Å². The van der Waals surface area contributed by atoms with Gasteiger partial charge in [-0.05, 0) is 52.8 Å². The van der Waals surface area contributed by atoms with Crippen molar-refractivity contribution in [2.24, 2.45) is 5.73 Å². The Balaban J connectivity index is 2.15. The van der Waals surface area contributed by atoms with Gasteiger partial charge in [0.25, 0.3) is 0 Å². The molecule has 0 aliphatic carbocycles. The fourth-order valence-electron chi connectivity index (χ4n) is 3.13. The zero-order valence-corrected chi connectivity index (χ0v) is 20.6. The number of fused-ring (bicyclic) bond motifs is 1. The summed E-state index contributed by atoms with van der Waals surface area (Å²) < 4.78 is 30.1. The predicted octanol–water partition coefficient (Wildman–Crippen LogP) is 3.11. The van der Waals surface area contributed by atoms with E-state index in [1.807, 2.05) is 34.6 Å². The molecule has 0 aromatic rings. The molecule has 2 saturated heterocycles. The molecule has 3 N–H and O–H groups in total. The Bertz CT molecular complexity index is 599. The molecule has 1 amide bonds. The average Bonchev–Trinajstić information content (AvgIpc) is 2.82. The van der Waals surface area contributed by atoms with Crippen molar-refractivity contribution in [2.45, 2.75) is 116 Å². The standard InChI is InChI=1S/C20H40N2O6Si/c1-18(2,3)27-17(23)22-11-12-14-15(26-20(7,8)25-14)13(21)16(24-12)28-29(9,10)19(4,5)6/h12-16H,11,21H2,1-10H3,(H,22,23)/t12-,13-,14+,15-,16?/m1/s1. The van der Waals surface area contributed by atoms with Crippen LogP contribution in [0.25, 0.3) is 0 Å². The lowest BCUT2D eigenvalue weighted by Crippen LogP contribution is -2.64. The first-order chi connectivity index (χ1) is 12.9. The summed E-state index contributed by atoms with van der Waals surface area (Å²) in [5.74, 6) is -0.785. The van der Waals surface area contributed by atoms with Gasteiger partial charge < -0.3 is 34.4 Å². The van der Waals surface area contributed by atoms with Crippen molar-refractivity contribution in [1.29, 1.82) is 0 Å². The van der Waals surface area contributed by atoms with Crippen molar-refractivity contribution in [3.63, 3.8) is 0 Å². The van der Waals surface area contributed by atoms with Gasteiger partial charge in [0.05, 0.1) is 6.04 Å². The van der Waals surface area contributed by atoms with Gasteiger partial charge in [-0.15, -0.1) is 0 Å². The highest BCUT2D eigenvalue weighted by molar-refractivity contribution is 6.74. The van der Waals surface area contributed by atoms with E-state index in [4.69, 9.17) is 29.1 Å². The molecule has 0 aromatic carbocycles. The fraction of sp³-hybridized carbons (Fsp3) is 0.950. The van der Waals surface area contributed by atoms with Crippen molar-refractivity contribution in [1.82, 2.24) is 5.32 Å². The number of ether oxygens (including phenoxy) is 4. The highest BCUT2D eigenvalue weighted by Gasteiger charge is 2.55. The first-order valence-corrected chi connectivity index (χ1v) is 13.2. The predicted molar refractivity (Wildman–Crippen MR) is 113 cm³/mol. The summed E-state index contributed by atoms with van der Waals surface area (Å²) >= 11 is 0. The van der Waals surface area contributed by atoms with E-state index < -0.39 is 50.3 Å². The van der Waals surface area contributed by atoms with E-state index in [0.717, 1.165) is 0 Å². The molecule has 9 heteroatoms. The van der Waals surface area contributed by atoms with Crippen LogP contribution >= 0.6 is 0 Å². The summed E-state index contributed by atoms with van der Waals surface area (Å²) in [7, 11) is -2.13. The molecule has 0 bridgehead atoms. The molecule has 8 nitrogen and oxygen atoms in total. The Morgan fingerprint density at radius 3 is 2.17 bits per heavy atom. The average molecular weight is 433 g/mol. The minimum Gasteiger partial charge on any atom is -0.444 e. The number of carbonyl (C=O) groups is 1. The normalized spacial score (nSPS) is 32.6.